The Morgan fingerprint density at radius 2 is 1.61 bits per heavy atom. The smallest absolute Gasteiger partial charge is 0.356 e. The first-order valence-electron chi connectivity index (χ1n) is 11.2. The van der Waals surface area contributed by atoms with Crippen LogP contribution in [0.4, 0.5) is 5.82 Å². The second-order valence-corrected chi connectivity index (χ2v) is 9.59. The molecule has 2 aromatic carbocycles. The number of methoxy groups -OCH3 is 1. The molecule has 1 heterocycles. The maximum Gasteiger partial charge on any atom is 0.356 e. The maximum atomic E-state index is 12.0. The minimum absolute atomic E-state index is 0.0444. The summed E-state index contributed by atoms with van der Waals surface area (Å²) in [6.45, 7) is 5.02. The molecule has 0 fully saturated rings. The van der Waals surface area contributed by atoms with Gasteiger partial charge in [-0.1, -0.05) is 60.7 Å². The van der Waals surface area contributed by atoms with Crippen LogP contribution in [-0.4, -0.2) is 51.7 Å². The Labute approximate surface area is 199 Å². The van der Waals surface area contributed by atoms with Crippen molar-refractivity contribution < 1.29 is 14.1 Å². The van der Waals surface area contributed by atoms with Gasteiger partial charge in [0.25, 0.3) is 0 Å². The molecular weight excluding hydrogens is 434 g/mol. The largest absolute Gasteiger partial charge is 0.616 e. The van der Waals surface area contributed by atoms with E-state index in [1.54, 1.807) is 0 Å². The molecule has 7 heteroatoms. The van der Waals surface area contributed by atoms with E-state index in [0.29, 0.717) is 5.75 Å². The van der Waals surface area contributed by atoms with Crippen LogP contribution in [0.15, 0.2) is 66.9 Å². The molecule has 6 nitrogen and oxygen atoms in total. The highest BCUT2D eigenvalue weighted by molar-refractivity contribution is 7.92. The Balaban J connectivity index is 1.79. The first-order chi connectivity index (χ1) is 16.0. The maximum absolute atomic E-state index is 12.0. The third-order valence-electron chi connectivity index (χ3n) is 5.30. The number of hydrogen-bond donors (Lipinski definition) is 0. The van der Waals surface area contributed by atoms with E-state index >= 15 is 0 Å². The summed E-state index contributed by atoms with van der Waals surface area (Å²) < 4.78 is 16.6. The van der Waals surface area contributed by atoms with Crippen molar-refractivity contribution in [3.8, 4) is 22.5 Å². The first-order valence-corrected chi connectivity index (χ1v) is 12.6. The van der Waals surface area contributed by atoms with Gasteiger partial charge in [-0.05, 0) is 37.9 Å². The molecule has 0 saturated carbocycles. The van der Waals surface area contributed by atoms with Crippen LogP contribution >= 0.6 is 0 Å². The number of esters is 1. The number of benzene rings is 2. The van der Waals surface area contributed by atoms with E-state index in [0.717, 1.165) is 47.7 Å². The summed E-state index contributed by atoms with van der Waals surface area (Å²) in [4.78, 5) is 23.4. The summed E-state index contributed by atoms with van der Waals surface area (Å²) in [6, 6.07) is 20.4. The summed E-state index contributed by atoms with van der Waals surface area (Å²) in [5, 5.41) is 0. The zero-order chi connectivity index (χ0) is 23.6. The number of carbonyl (C=O) groups excluding carboxylic acids is 1. The van der Waals surface area contributed by atoms with Crippen LogP contribution in [0.3, 0.4) is 0 Å². The van der Waals surface area contributed by atoms with Gasteiger partial charge in [0, 0.05) is 23.7 Å². The summed E-state index contributed by atoms with van der Waals surface area (Å²) in [5.74, 6) is 0.824. The molecule has 0 spiro atoms. The minimum Gasteiger partial charge on any atom is -0.616 e. The van der Waals surface area contributed by atoms with Crippen molar-refractivity contribution in [1.82, 2.24) is 9.97 Å². The number of nitrogens with zero attached hydrogens (tertiary/aromatic N) is 3. The summed E-state index contributed by atoms with van der Waals surface area (Å²) in [6.07, 6.45) is 3.44. The molecule has 3 rings (SSSR count). The Bertz CT molecular complexity index is 1020. The fraction of sp³-hybridized carbons (Fsp3) is 0.346. The molecule has 1 unspecified atom stereocenters. The highest BCUT2D eigenvalue weighted by Crippen LogP contribution is 2.31. The van der Waals surface area contributed by atoms with Gasteiger partial charge in [0.1, 0.15) is 11.6 Å². The van der Waals surface area contributed by atoms with Crippen molar-refractivity contribution in [2.75, 3.05) is 30.1 Å². The van der Waals surface area contributed by atoms with Gasteiger partial charge in [-0.2, -0.15) is 0 Å². The quantitative estimate of drug-likeness (QED) is 0.231. The second kappa shape index (κ2) is 12.4. The lowest BCUT2D eigenvalue weighted by molar-refractivity contribution is -0.137. The number of carbonyl (C=O) groups is 1. The number of unbranched alkanes of at least 4 members (excludes halogenated alkanes) is 1. The molecular formula is C26H31N3O3S. The van der Waals surface area contributed by atoms with E-state index in [2.05, 4.69) is 35.6 Å². The minimum atomic E-state index is -1.19. The normalized spacial score (nSPS) is 11.9. The SMILES string of the molecule is COC(=O)C[S+]([O-])CCCCN(c1cnc(-c2ccccc2)c(-c2ccccc2)n1)C(C)C. The monoisotopic (exact) mass is 465 g/mol. The van der Waals surface area contributed by atoms with E-state index in [4.69, 9.17) is 9.97 Å². The molecule has 0 aliphatic heterocycles. The van der Waals surface area contributed by atoms with Crippen LogP contribution in [0.2, 0.25) is 0 Å². The number of hydrogen-bond acceptors (Lipinski definition) is 6. The lowest BCUT2D eigenvalue weighted by atomic mass is 10.0. The van der Waals surface area contributed by atoms with Crippen molar-refractivity contribution in [1.29, 1.82) is 0 Å². The molecule has 0 N–H and O–H groups in total. The molecule has 0 aliphatic carbocycles. The fourth-order valence-corrected chi connectivity index (χ4v) is 4.62. The molecule has 1 aromatic heterocycles. The zero-order valence-electron chi connectivity index (χ0n) is 19.4. The van der Waals surface area contributed by atoms with Gasteiger partial charge in [-0.15, -0.1) is 0 Å². The standard InChI is InChI=1S/C26H31N3O3S/c1-20(2)29(16-10-11-17-33(31)19-24(30)32-3)23-18-27-25(21-12-6-4-7-13-21)26(28-23)22-14-8-5-9-15-22/h4-9,12-15,18,20H,10-11,16-17,19H2,1-3H3. The third-order valence-corrected chi connectivity index (χ3v) is 6.60. The van der Waals surface area contributed by atoms with Crippen LogP contribution < -0.4 is 4.90 Å². The highest BCUT2D eigenvalue weighted by Gasteiger charge is 2.18. The molecule has 1 atom stereocenters. The molecule has 174 valence electrons. The molecule has 0 bridgehead atoms. The summed E-state index contributed by atoms with van der Waals surface area (Å²) in [5.41, 5.74) is 3.75. The van der Waals surface area contributed by atoms with Crippen molar-refractivity contribution in [3.05, 3.63) is 66.9 Å². The summed E-state index contributed by atoms with van der Waals surface area (Å²) >= 11 is -1.19. The van der Waals surface area contributed by atoms with Gasteiger partial charge in [-0.3, -0.25) is 4.98 Å². The fourth-order valence-electron chi connectivity index (χ4n) is 3.57. The average Bonchev–Trinajstić information content (AvgIpc) is 2.84. The van der Waals surface area contributed by atoms with Gasteiger partial charge in [0.05, 0.1) is 24.7 Å². The summed E-state index contributed by atoms with van der Waals surface area (Å²) in [7, 11) is 1.31. The zero-order valence-corrected chi connectivity index (χ0v) is 20.3. The molecule has 0 aliphatic rings. The predicted molar refractivity (Wildman–Crippen MR) is 135 cm³/mol. The lowest BCUT2D eigenvalue weighted by Crippen LogP contribution is -2.33. The predicted octanol–water partition coefficient (Wildman–Crippen LogP) is 4.73. The molecule has 0 saturated heterocycles. The van der Waals surface area contributed by atoms with Crippen LogP contribution in [0.1, 0.15) is 26.7 Å². The van der Waals surface area contributed by atoms with Crippen LogP contribution in [0, 0.1) is 0 Å². The van der Waals surface area contributed by atoms with E-state index in [1.807, 2.05) is 54.7 Å². The number of aromatic nitrogens is 2. The first kappa shape index (κ1) is 24.7. The van der Waals surface area contributed by atoms with Crippen molar-refractivity contribution in [2.24, 2.45) is 0 Å². The van der Waals surface area contributed by atoms with Gasteiger partial charge in [0.2, 0.25) is 5.75 Å². The Kier molecular flexibility index (Phi) is 9.27. The molecule has 33 heavy (non-hydrogen) atoms. The molecule has 0 radical (unpaired) electrons. The third kappa shape index (κ3) is 7.04. The number of anilines is 1. The van der Waals surface area contributed by atoms with Crippen molar-refractivity contribution in [2.45, 2.75) is 32.7 Å². The molecule has 0 amide bonds. The van der Waals surface area contributed by atoms with Gasteiger partial charge in [0.15, 0.2) is 0 Å². The number of ether oxygens (including phenoxy) is 1. The van der Waals surface area contributed by atoms with E-state index in [1.165, 1.54) is 7.11 Å². The van der Waals surface area contributed by atoms with E-state index in [9.17, 15) is 9.35 Å². The van der Waals surface area contributed by atoms with Gasteiger partial charge in [-0.25, -0.2) is 9.78 Å². The Morgan fingerprint density at radius 3 is 2.18 bits per heavy atom. The Hall–Kier alpha value is -2.90. The van der Waals surface area contributed by atoms with Crippen LogP contribution in [-0.2, 0) is 20.7 Å². The highest BCUT2D eigenvalue weighted by atomic mass is 32.2. The topological polar surface area (TPSA) is 78.4 Å². The van der Waals surface area contributed by atoms with Gasteiger partial charge < -0.3 is 14.2 Å². The molecule has 3 aromatic rings. The van der Waals surface area contributed by atoms with Crippen LogP contribution in [0.5, 0.6) is 0 Å². The van der Waals surface area contributed by atoms with E-state index < -0.39 is 17.1 Å². The van der Waals surface area contributed by atoms with Crippen LogP contribution in [0.25, 0.3) is 22.5 Å². The van der Waals surface area contributed by atoms with E-state index in [-0.39, 0.29) is 11.8 Å². The van der Waals surface area contributed by atoms with Crippen molar-refractivity contribution in [3.63, 3.8) is 0 Å². The second-order valence-electron chi connectivity index (χ2n) is 8.02. The average molecular weight is 466 g/mol. The van der Waals surface area contributed by atoms with Gasteiger partial charge >= 0.3 is 5.97 Å². The lowest BCUT2D eigenvalue weighted by Gasteiger charge is -2.28. The van der Waals surface area contributed by atoms with Crippen molar-refractivity contribution >= 4 is 23.0 Å². The number of rotatable bonds is 11. The Morgan fingerprint density at radius 1 is 1.00 bits per heavy atom.